The van der Waals surface area contributed by atoms with Gasteiger partial charge < -0.3 is 27.2 Å². The van der Waals surface area contributed by atoms with Crippen molar-refractivity contribution in [3.63, 3.8) is 0 Å². The molecule has 7 heteroatoms. The largest absolute Gasteiger partial charge is 2.00 e. The first-order valence-corrected chi connectivity index (χ1v) is 8.56. The SMILES string of the molecule is CC.CC.[Br-].[Mg+2].[N-]=[N+]=N[C@@H](Cc1ccccc1)[C@H](O)CO.[c-]1ccccc1. The maximum atomic E-state index is 9.40. The molecule has 0 spiro atoms. The van der Waals surface area contributed by atoms with Crippen LogP contribution in [0, 0.1) is 6.07 Å². The van der Waals surface area contributed by atoms with Gasteiger partial charge in [0, 0.05) is 4.91 Å². The minimum Gasteiger partial charge on any atom is -1.00 e. The fraction of sp³-hybridized carbons (Fsp3) is 0.400. The number of aliphatic hydroxyl groups excluding tert-OH is 2. The number of hydrogen-bond acceptors (Lipinski definition) is 3. The van der Waals surface area contributed by atoms with E-state index in [1.165, 1.54) is 0 Å². The molecule has 0 saturated heterocycles. The normalized spacial score (nSPS) is 10.0. The van der Waals surface area contributed by atoms with E-state index in [2.05, 4.69) is 16.1 Å². The minimum atomic E-state index is -1.01. The summed E-state index contributed by atoms with van der Waals surface area (Å²) in [5.41, 5.74) is 9.29. The topological polar surface area (TPSA) is 89.2 Å². The summed E-state index contributed by atoms with van der Waals surface area (Å²) in [6.45, 7) is 7.59. The molecule has 146 valence electrons. The van der Waals surface area contributed by atoms with E-state index < -0.39 is 18.8 Å². The van der Waals surface area contributed by atoms with E-state index in [1.54, 1.807) is 0 Å². The Kier molecular flexibility index (Phi) is 33.7. The van der Waals surface area contributed by atoms with Crippen LogP contribution in [0.25, 0.3) is 10.4 Å². The predicted molar refractivity (Wildman–Crippen MR) is 110 cm³/mol. The van der Waals surface area contributed by atoms with Crippen molar-refractivity contribution in [2.24, 2.45) is 5.11 Å². The van der Waals surface area contributed by atoms with Crippen LogP contribution in [0.5, 0.6) is 0 Å². The van der Waals surface area contributed by atoms with Gasteiger partial charge in [-0.05, 0) is 17.5 Å². The second-order valence-corrected chi connectivity index (χ2v) is 4.29. The van der Waals surface area contributed by atoms with Crippen LogP contribution in [-0.2, 0) is 6.42 Å². The Morgan fingerprint density at radius 1 is 1.00 bits per heavy atom. The fourth-order valence-corrected chi connectivity index (χ4v) is 1.64. The van der Waals surface area contributed by atoms with Crippen molar-refractivity contribution in [1.29, 1.82) is 0 Å². The van der Waals surface area contributed by atoms with E-state index in [-0.39, 0.29) is 40.0 Å². The summed E-state index contributed by atoms with van der Waals surface area (Å²) in [6, 6.07) is 21.3. The van der Waals surface area contributed by atoms with Crippen molar-refractivity contribution < 1.29 is 27.2 Å². The van der Waals surface area contributed by atoms with Gasteiger partial charge in [0.05, 0.1) is 18.8 Å². The average molecular weight is 449 g/mol. The van der Waals surface area contributed by atoms with Crippen LogP contribution < -0.4 is 17.0 Å². The molecule has 0 bridgehead atoms. The summed E-state index contributed by atoms with van der Waals surface area (Å²) in [5.74, 6) is 0. The summed E-state index contributed by atoms with van der Waals surface area (Å²) >= 11 is 0. The second-order valence-electron chi connectivity index (χ2n) is 4.29. The average Bonchev–Trinajstić information content (AvgIpc) is 2.72. The van der Waals surface area contributed by atoms with Crippen molar-refractivity contribution in [2.45, 2.75) is 46.3 Å². The molecule has 2 N–H and O–H groups in total. The standard InChI is InChI=1S/C10H13N3O2.C6H5.2C2H6.BrH.Mg/c11-13-12-9(10(15)7-14)6-8-4-2-1-3-5-8;1-2-4-6-5-3-1;2*1-2;;/h1-5,9-10,14-15H,6-7H2;1-5H;2*1-2H3;1H;/q;-1;;;;+2/p-1/t9-,10+;;;;;/m0...../s1. The monoisotopic (exact) mass is 447 g/mol. The molecule has 0 aromatic heterocycles. The molecule has 2 aromatic rings. The quantitative estimate of drug-likeness (QED) is 0.238. The Labute approximate surface area is 190 Å². The van der Waals surface area contributed by atoms with Crippen LogP contribution in [0.2, 0.25) is 0 Å². The summed E-state index contributed by atoms with van der Waals surface area (Å²) in [5, 5.41) is 21.6. The molecule has 0 aliphatic heterocycles. The van der Waals surface area contributed by atoms with Gasteiger partial charge in [0.25, 0.3) is 0 Å². The molecule has 5 nitrogen and oxygen atoms in total. The Morgan fingerprint density at radius 2 is 1.48 bits per heavy atom. The minimum absolute atomic E-state index is 0. The van der Waals surface area contributed by atoms with Gasteiger partial charge in [0.2, 0.25) is 0 Å². The third-order valence-electron chi connectivity index (χ3n) is 2.73. The summed E-state index contributed by atoms with van der Waals surface area (Å²) in [4.78, 5) is 2.66. The molecule has 0 fully saturated rings. The number of aliphatic hydroxyl groups is 2. The Bertz CT molecular complexity index is 515. The van der Waals surface area contributed by atoms with Gasteiger partial charge in [-0.1, -0.05) is 63.1 Å². The first-order valence-electron chi connectivity index (χ1n) is 8.56. The number of azide groups is 1. The fourth-order valence-electron chi connectivity index (χ4n) is 1.64. The van der Waals surface area contributed by atoms with Crippen LogP contribution in [0.1, 0.15) is 33.3 Å². The number of rotatable bonds is 5. The third-order valence-corrected chi connectivity index (χ3v) is 2.73. The summed E-state index contributed by atoms with van der Waals surface area (Å²) in [7, 11) is 0. The summed E-state index contributed by atoms with van der Waals surface area (Å²) < 4.78 is 0. The van der Waals surface area contributed by atoms with Gasteiger partial charge in [-0.25, -0.2) is 0 Å². The van der Waals surface area contributed by atoms with Gasteiger partial charge >= 0.3 is 23.1 Å². The number of nitrogens with zero attached hydrogens (tertiary/aromatic N) is 3. The molecule has 0 heterocycles. The molecule has 27 heavy (non-hydrogen) atoms. The second kappa shape index (κ2) is 27.1. The molecule has 0 aliphatic carbocycles. The van der Waals surface area contributed by atoms with Gasteiger partial charge in [0.1, 0.15) is 0 Å². The van der Waals surface area contributed by atoms with E-state index in [0.717, 1.165) is 5.56 Å². The molecule has 0 saturated carbocycles. The van der Waals surface area contributed by atoms with E-state index in [4.69, 9.17) is 10.6 Å². The van der Waals surface area contributed by atoms with E-state index >= 15 is 0 Å². The van der Waals surface area contributed by atoms with Gasteiger partial charge in [-0.2, -0.15) is 36.4 Å². The van der Waals surface area contributed by atoms with Crippen molar-refractivity contribution in [3.8, 4) is 0 Å². The van der Waals surface area contributed by atoms with E-state index in [0.29, 0.717) is 6.42 Å². The van der Waals surface area contributed by atoms with Crippen molar-refractivity contribution >= 4 is 23.1 Å². The predicted octanol–water partition coefficient (Wildman–Crippen LogP) is 1.42. The first-order chi connectivity index (χ1) is 12.3. The number of hydrogen-bond donors (Lipinski definition) is 2. The zero-order valence-electron chi connectivity index (χ0n) is 16.7. The molecule has 2 rings (SSSR count). The Morgan fingerprint density at radius 3 is 1.81 bits per heavy atom. The van der Waals surface area contributed by atoms with Crippen LogP contribution in [-0.4, -0.2) is 52.0 Å². The van der Waals surface area contributed by atoms with E-state index in [1.807, 2.05) is 88.4 Å². The van der Waals surface area contributed by atoms with Gasteiger partial charge in [-0.3, -0.25) is 0 Å². The molecule has 0 amide bonds. The van der Waals surface area contributed by atoms with E-state index in [9.17, 15) is 5.11 Å². The van der Waals surface area contributed by atoms with Crippen molar-refractivity contribution in [3.05, 3.63) is 82.7 Å². The maximum absolute atomic E-state index is 9.40. The third kappa shape index (κ3) is 19.5. The first kappa shape index (κ1) is 33.5. The van der Waals surface area contributed by atoms with Crippen LogP contribution in [0.15, 0.2) is 65.8 Å². The molecular weight excluding hydrogens is 418 g/mol. The van der Waals surface area contributed by atoms with Crippen molar-refractivity contribution in [2.75, 3.05) is 6.61 Å². The molecule has 0 aliphatic rings. The van der Waals surface area contributed by atoms with Crippen molar-refractivity contribution in [1.82, 2.24) is 0 Å². The molecular formula is C20H30BrMgN3O2. The summed E-state index contributed by atoms with van der Waals surface area (Å²) in [6.07, 6.45) is -0.590. The molecule has 0 radical (unpaired) electrons. The number of benzene rings is 2. The molecule has 0 unspecified atom stereocenters. The van der Waals surface area contributed by atoms with Crippen LogP contribution in [0.4, 0.5) is 0 Å². The van der Waals surface area contributed by atoms with Crippen LogP contribution >= 0.6 is 0 Å². The molecule has 2 aromatic carbocycles. The Hall–Kier alpha value is -1.08. The smallest absolute Gasteiger partial charge is 1.00 e. The maximum Gasteiger partial charge on any atom is 2.00 e. The Balaban J connectivity index is -0.000000186. The van der Waals surface area contributed by atoms with Gasteiger partial charge in [0.15, 0.2) is 0 Å². The van der Waals surface area contributed by atoms with Gasteiger partial charge in [-0.15, -0.1) is 0 Å². The number of halogens is 1. The zero-order valence-corrected chi connectivity index (χ0v) is 19.7. The molecule has 2 atom stereocenters. The van der Waals surface area contributed by atoms with Crippen LogP contribution in [0.3, 0.4) is 0 Å². The zero-order chi connectivity index (χ0) is 19.3.